The number of hydrogen-bond acceptors (Lipinski definition) is 14. The molecule has 2 unspecified atom stereocenters. The fourth-order valence-corrected chi connectivity index (χ4v) is 7.72. The number of rotatable bonds is 14. The Bertz CT molecular complexity index is 2060. The molecule has 2 aromatic carbocycles. The monoisotopic (exact) mass is 910 g/mol. The number of hydrogen-bond donors (Lipinski definition) is 6. The summed E-state index contributed by atoms with van der Waals surface area (Å²) in [5.41, 5.74) is 15.5. The molecule has 0 bridgehead atoms. The van der Waals surface area contributed by atoms with E-state index >= 15 is 0 Å². The minimum atomic E-state index is -0.773. The lowest BCUT2D eigenvalue weighted by Gasteiger charge is -2.31. The molecule has 2 aliphatic rings. The van der Waals surface area contributed by atoms with Crippen LogP contribution in [0.5, 0.6) is 0 Å². The normalized spacial score (nSPS) is 16.1. The molecule has 8 N–H and O–H groups in total. The smallest absolute Gasteiger partial charge is 0.336 e. The molecule has 0 amide bonds. The number of allylic oxidation sites excluding steroid dienone is 2. The van der Waals surface area contributed by atoms with E-state index in [1.807, 2.05) is 0 Å². The van der Waals surface area contributed by atoms with Crippen molar-refractivity contribution in [2.75, 3.05) is 37.9 Å². The molecule has 0 saturated heterocycles. The van der Waals surface area contributed by atoms with Gasteiger partial charge in [-0.1, -0.05) is 77.1 Å². The third kappa shape index (κ3) is 13.4. The van der Waals surface area contributed by atoms with Gasteiger partial charge in [0.25, 0.3) is 0 Å². The van der Waals surface area contributed by atoms with Gasteiger partial charge in [0.15, 0.2) is 10.3 Å². The van der Waals surface area contributed by atoms with Gasteiger partial charge in [-0.05, 0) is 70.9 Å². The molecule has 59 heavy (non-hydrogen) atoms. The van der Waals surface area contributed by atoms with Crippen molar-refractivity contribution in [1.29, 1.82) is 10.8 Å². The summed E-state index contributed by atoms with van der Waals surface area (Å²) in [7, 11) is 0. The number of carbonyl (C=O) groups excluding carboxylic acids is 4. The second kappa shape index (κ2) is 24.5. The molecule has 14 nitrogen and oxygen atoms in total. The molecule has 2 aliphatic heterocycles. The van der Waals surface area contributed by atoms with Crippen molar-refractivity contribution in [1.82, 2.24) is 10.6 Å². The van der Waals surface area contributed by atoms with E-state index < -0.39 is 35.7 Å². The molecule has 320 valence electrons. The largest absolute Gasteiger partial charge is 0.463 e. The molecular weight excluding hydrogens is 863 g/mol. The van der Waals surface area contributed by atoms with E-state index in [4.69, 9.17) is 64.4 Å². The van der Waals surface area contributed by atoms with Gasteiger partial charge >= 0.3 is 23.9 Å². The molecule has 0 aliphatic carbocycles. The number of nitrogens with one attached hydrogen (secondary N) is 4. The predicted octanol–water partition coefficient (Wildman–Crippen LogP) is 7.04. The van der Waals surface area contributed by atoms with Crippen molar-refractivity contribution < 1.29 is 38.1 Å². The van der Waals surface area contributed by atoms with Crippen molar-refractivity contribution in [3.8, 4) is 0 Å². The highest BCUT2D eigenvalue weighted by Crippen LogP contribution is 2.43. The van der Waals surface area contributed by atoms with Gasteiger partial charge in [-0.3, -0.25) is 10.8 Å². The van der Waals surface area contributed by atoms with Gasteiger partial charge in [0.1, 0.15) is 0 Å². The third-order valence-corrected chi connectivity index (χ3v) is 10.5. The molecule has 19 heteroatoms. The molecule has 4 rings (SSSR count). The summed E-state index contributed by atoms with van der Waals surface area (Å²) in [6, 6.07) is 14.0. The number of carbonyl (C=O) groups is 4. The lowest BCUT2D eigenvalue weighted by Crippen LogP contribution is -2.34. The van der Waals surface area contributed by atoms with Gasteiger partial charge in [0, 0.05) is 44.3 Å². The maximum Gasteiger partial charge on any atom is 0.336 e. The van der Waals surface area contributed by atoms with E-state index in [-0.39, 0.29) is 71.8 Å². The van der Waals surface area contributed by atoms with Crippen LogP contribution in [0, 0.1) is 10.8 Å². The first-order valence-electron chi connectivity index (χ1n) is 18.1. The summed E-state index contributed by atoms with van der Waals surface area (Å²) in [6.07, 6.45) is 0. The lowest BCUT2D eigenvalue weighted by molar-refractivity contribution is -0.141. The summed E-state index contributed by atoms with van der Waals surface area (Å²) >= 11 is 14.8. The SMILES string of the molecule is CCOC(=O)C1=C(C)NC(CSC(=N)N)=C(C(=O)OCC)C1c1cccc(Cl)c1.CCOC(=O)C1=C(C)NC(CSC(=N)N)=C(C(=O)OCC)C1c1ccccc1Cl.Cl. The Morgan fingerprint density at radius 2 is 1.05 bits per heavy atom. The standard InChI is InChI=1S/2C20H24ClN3O4S.ClH/c1-4-27-18(25)15-11(3)24-14(10-29-20(22)23)17(19(26)28-5-2)16(15)12-7-6-8-13(21)9-12;1-4-27-18(25)15-11(3)24-14(10-29-20(22)23)17(19(26)28-5-2)16(15)12-8-6-7-9-13(12)21;/h2*6-9,16,24H,4-5,10H2,1-3H3,(H3,22,23);1H. The number of halogens is 3. The highest BCUT2D eigenvalue weighted by atomic mass is 35.5. The van der Waals surface area contributed by atoms with Crippen LogP contribution < -0.4 is 22.1 Å². The van der Waals surface area contributed by atoms with Crippen LogP contribution in [-0.4, -0.2) is 72.1 Å². The zero-order valence-electron chi connectivity index (χ0n) is 33.4. The molecular formula is C40H49Cl3N6O8S2. The van der Waals surface area contributed by atoms with Gasteiger partial charge in [-0.15, -0.1) is 12.4 Å². The number of benzene rings is 2. The second-order valence-corrected chi connectivity index (χ2v) is 15.1. The van der Waals surface area contributed by atoms with Crippen molar-refractivity contribution in [2.24, 2.45) is 11.5 Å². The van der Waals surface area contributed by atoms with Crippen LogP contribution in [-0.2, 0) is 38.1 Å². The number of amidine groups is 2. The highest BCUT2D eigenvalue weighted by Gasteiger charge is 2.41. The van der Waals surface area contributed by atoms with E-state index in [0.29, 0.717) is 55.1 Å². The number of dihydropyridines is 2. The first-order valence-corrected chi connectivity index (χ1v) is 20.9. The Kier molecular flexibility index (Phi) is 21.0. The Morgan fingerprint density at radius 1 is 0.644 bits per heavy atom. The van der Waals surface area contributed by atoms with E-state index in [9.17, 15) is 19.2 Å². The van der Waals surface area contributed by atoms with E-state index in [1.54, 1.807) is 90.1 Å². The first kappa shape index (κ1) is 50.5. The molecule has 2 aromatic rings. The van der Waals surface area contributed by atoms with Crippen molar-refractivity contribution >= 4 is 93.3 Å². The fourth-order valence-electron chi connectivity index (χ4n) is 6.22. The topological polar surface area (TPSA) is 229 Å². The van der Waals surface area contributed by atoms with E-state index in [1.165, 1.54) is 0 Å². The van der Waals surface area contributed by atoms with Crippen LogP contribution in [0.15, 0.2) is 93.6 Å². The lowest BCUT2D eigenvalue weighted by atomic mass is 9.80. The van der Waals surface area contributed by atoms with E-state index in [2.05, 4.69) is 10.6 Å². The molecule has 2 atom stereocenters. The molecule has 2 heterocycles. The average Bonchev–Trinajstić information content (AvgIpc) is 3.16. The Balaban J connectivity index is 0.000000400. The number of thioether (sulfide) groups is 2. The summed E-state index contributed by atoms with van der Waals surface area (Å²) in [4.78, 5) is 51.5. The number of nitrogens with two attached hydrogens (primary N) is 2. The zero-order chi connectivity index (χ0) is 43.1. The van der Waals surface area contributed by atoms with Gasteiger partial charge < -0.3 is 41.0 Å². The Morgan fingerprint density at radius 3 is 1.46 bits per heavy atom. The zero-order valence-corrected chi connectivity index (χ0v) is 37.4. The maximum atomic E-state index is 12.9. The highest BCUT2D eigenvalue weighted by molar-refractivity contribution is 8.14. The van der Waals surface area contributed by atoms with Crippen LogP contribution in [0.2, 0.25) is 10.0 Å². The molecule has 0 saturated carbocycles. The quantitative estimate of drug-likeness (QED) is 0.0484. The third-order valence-electron chi connectivity index (χ3n) is 8.41. The average molecular weight is 912 g/mol. The second-order valence-electron chi connectivity index (χ2n) is 12.2. The maximum absolute atomic E-state index is 12.9. The van der Waals surface area contributed by atoms with Crippen molar-refractivity contribution in [3.63, 3.8) is 0 Å². The minimum Gasteiger partial charge on any atom is -0.463 e. The van der Waals surface area contributed by atoms with Gasteiger partial charge in [0.2, 0.25) is 0 Å². The van der Waals surface area contributed by atoms with Crippen LogP contribution in [0.4, 0.5) is 0 Å². The van der Waals surface area contributed by atoms with Crippen LogP contribution in [0.1, 0.15) is 64.5 Å². The van der Waals surface area contributed by atoms with Crippen LogP contribution in [0.25, 0.3) is 0 Å². The number of ether oxygens (including phenoxy) is 4. The predicted molar refractivity (Wildman–Crippen MR) is 237 cm³/mol. The van der Waals surface area contributed by atoms with Gasteiger partial charge in [-0.2, -0.15) is 0 Å². The van der Waals surface area contributed by atoms with Gasteiger partial charge in [-0.25, -0.2) is 19.2 Å². The Hall–Kier alpha value is -4.61. The van der Waals surface area contributed by atoms with Crippen molar-refractivity contribution in [3.05, 3.63) is 115 Å². The number of esters is 4. The van der Waals surface area contributed by atoms with Gasteiger partial charge in [0.05, 0.1) is 60.6 Å². The first-order chi connectivity index (χ1) is 27.6. The molecule has 0 aromatic heterocycles. The summed E-state index contributed by atoms with van der Waals surface area (Å²) < 4.78 is 21.1. The van der Waals surface area contributed by atoms with E-state index in [0.717, 1.165) is 23.5 Å². The molecule has 0 spiro atoms. The fraction of sp³-hybridized carbons (Fsp3) is 0.350. The minimum absolute atomic E-state index is 0. The summed E-state index contributed by atoms with van der Waals surface area (Å²) in [5, 5.41) is 21.9. The Labute approximate surface area is 368 Å². The summed E-state index contributed by atoms with van der Waals surface area (Å²) in [6.45, 7) is 11.1. The molecule has 0 fully saturated rings. The van der Waals surface area contributed by atoms with Crippen molar-refractivity contribution in [2.45, 2.75) is 53.4 Å². The summed E-state index contributed by atoms with van der Waals surface area (Å²) in [5.74, 6) is -3.21. The van der Waals surface area contributed by atoms with Crippen LogP contribution >= 0.6 is 59.1 Å². The van der Waals surface area contributed by atoms with Crippen LogP contribution in [0.3, 0.4) is 0 Å². The molecule has 0 radical (unpaired) electrons.